The molecule has 0 aliphatic carbocycles. The van der Waals surface area contributed by atoms with Crippen molar-refractivity contribution in [2.45, 2.75) is 6.36 Å². The van der Waals surface area contributed by atoms with Crippen LogP contribution in [-0.4, -0.2) is 60.7 Å². The fourth-order valence-electron chi connectivity index (χ4n) is 3.02. The van der Waals surface area contributed by atoms with E-state index in [0.717, 1.165) is 17.8 Å². The standard InChI is InChI=1S/C20H20F3N3O3/c21-20(22,23)29-17-8-6-15(7-9-17)19(28)26-12-10-25(11-13-26)14-18(27)24-16-4-2-1-3-5-16/h1-9H,10-14H2,(H,24,27). The zero-order valence-corrected chi connectivity index (χ0v) is 15.5. The molecule has 2 aromatic carbocycles. The minimum Gasteiger partial charge on any atom is -0.406 e. The number of rotatable bonds is 5. The number of hydrogen-bond acceptors (Lipinski definition) is 4. The van der Waals surface area contributed by atoms with Crippen LogP contribution in [0.5, 0.6) is 5.75 Å². The number of amides is 2. The van der Waals surface area contributed by atoms with Crippen molar-refractivity contribution >= 4 is 17.5 Å². The Morgan fingerprint density at radius 3 is 2.14 bits per heavy atom. The van der Waals surface area contributed by atoms with E-state index in [2.05, 4.69) is 10.1 Å². The van der Waals surface area contributed by atoms with Crippen LogP contribution in [0.1, 0.15) is 10.4 Å². The molecular formula is C20H20F3N3O3. The summed E-state index contributed by atoms with van der Waals surface area (Å²) in [5.74, 6) is -0.767. The third kappa shape index (κ3) is 6.21. The van der Waals surface area contributed by atoms with Crippen LogP contribution in [0.2, 0.25) is 0 Å². The molecule has 1 saturated heterocycles. The average Bonchev–Trinajstić information content (AvgIpc) is 2.68. The topological polar surface area (TPSA) is 61.9 Å². The first-order chi connectivity index (χ1) is 13.8. The monoisotopic (exact) mass is 407 g/mol. The fraction of sp³-hybridized carbons (Fsp3) is 0.300. The summed E-state index contributed by atoms with van der Waals surface area (Å²) in [4.78, 5) is 28.2. The number of anilines is 1. The number of halogens is 3. The molecule has 1 heterocycles. The Bertz CT molecular complexity index is 834. The molecule has 0 bridgehead atoms. The van der Waals surface area contributed by atoms with E-state index in [0.29, 0.717) is 26.2 Å². The highest BCUT2D eigenvalue weighted by Crippen LogP contribution is 2.23. The Hall–Kier alpha value is -3.07. The van der Waals surface area contributed by atoms with E-state index in [1.807, 2.05) is 23.1 Å². The van der Waals surface area contributed by atoms with Gasteiger partial charge in [-0.1, -0.05) is 18.2 Å². The van der Waals surface area contributed by atoms with Crippen molar-refractivity contribution in [3.05, 3.63) is 60.2 Å². The Morgan fingerprint density at radius 2 is 1.55 bits per heavy atom. The van der Waals surface area contributed by atoms with Gasteiger partial charge in [-0.05, 0) is 36.4 Å². The third-order valence-corrected chi connectivity index (χ3v) is 4.42. The molecule has 154 valence electrons. The molecule has 2 amide bonds. The van der Waals surface area contributed by atoms with Gasteiger partial charge in [0.05, 0.1) is 6.54 Å². The van der Waals surface area contributed by atoms with E-state index in [-0.39, 0.29) is 29.7 Å². The second kappa shape index (κ2) is 8.95. The Kier molecular flexibility index (Phi) is 6.38. The lowest BCUT2D eigenvalue weighted by atomic mass is 10.1. The number of para-hydroxylation sites is 1. The first kappa shape index (κ1) is 20.7. The van der Waals surface area contributed by atoms with E-state index in [1.54, 1.807) is 17.0 Å². The van der Waals surface area contributed by atoms with E-state index >= 15 is 0 Å². The normalized spacial score (nSPS) is 15.1. The van der Waals surface area contributed by atoms with E-state index in [1.165, 1.54) is 12.1 Å². The number of alkyl halides is 3. The van der Waals surface area contributed by atoms with Crippen molar-refractivity contribution in [3.8, 4) is 5.75 Å². The van der Waals surface area contributed by atoms with Crippen molar-refractivity contribution in [1.82, 2.24) is 9.80 Å². The molecule has 1 aliphatic rings. The lowest BCUT2D eigenvalue weighted by Crippen LogP contribution is -2.50. The van der Waals surface area contributed by atoms with Gasteiger partial charge >= 0.3 is 6.36 Å². The van der Waals surface area contributed by atoms with Gasteiger partial charge in [0.25, 0.3) is 5.91 Å². The summed E-state index contributed by atoms with van der Waals surface area (Å²) in [5.41, 5.74) is 1.01. The Labute approximate surface area is 165 Å². The van der Waals surface area contributed by atoms with Gasteiger partial charge in [-0.15, -0.1) is 13.2 Å². The molecule has 0 aromatic heterocycles. The lowest BCUT2D eigenvalue weighted by Gasteiger charge is -2.34. The SMILES string of the molecule is O=C(CN1CCN(C(=O)c2ccc(OC(F)(F)F)cc2)CC1)Nc1ccccc1. The molecule has 3 rings (SSSR count). The quantitative estimate of drug-likeness (QED) is 0.828. The summed E-state index contributed by atoms with van der Waals surface area (Å²) in [6.45, 7) is 2.14. The van der Waals surface area contributed by atoms with E-state index in [4.69, 9.17) is 0 Å². The second-order valence-electron chi connectivity index (χ2n) is 6.55. The number of nitrogens with zero attached hydrogens (tertiary/aromatic N) is 2. The maximum atomic E-state index is 12.5. The molecular weight excluding hydrogens is 387 g/mol. The highest BCUT2D eigenvalue weighted by atomic mass is 19.4. The van der Waals surface area contributed by atoms with Gasteiger partial charge in [0.2, 0.25) is 5.91 Å². The summed E-state index contributed by atoms with van der Waals surface area (Å²) < 4.78 is 40.4. The summed E-state index contributed by atoms with van der Waals surface area (Å²) in [7, 11) is 0. The maximum Gasteiger partial charge on any atom is 0.573 e. The van der Waals surface area contributed by atoms with Crippen LogP contribution < -0.4 is 10.1 Å². The minimum absolute atomic E-state index is 0.128. The van der Waals surface area contributed by atoms with E-state index < -0.39 is 6.36 Å². The van der Waals surface area contributed by atoms with Crippen molar-refractivity contribution in [3.63, 3.8) is 0 Å². The maximum absolute atomic E-state index is 12.5. The van der Waals surface area contributed by atoms with Crippen molar-refractivity contribution in [2.24, 2.45) is 0 Å². The average molecular weight is 407 g/mol. The summed E-state index contributed by atoms with van der Waals surface area (Å²) >= 11 is 0. The Balaban J connectivity index is 1.47. The zero-order valence-electron chi connectivity index (χ0n) is 15.5. The predicted octanol–water partition coefficient (Wildman–Crippen LogP) is 2.98. The smallest absolute Gasteiger partial charge is 0.406 e. The molecule has 0 unspecified atom stereocenters. The number of carbonyl (C=O) groups is 2. The van der Waals surface area contributed by atoms with Crippen LogP contribution in [0, 0.1) is 0 Å². The van der Waals surface area contributed by atoms with Crippen LogP contribution in [0.25, 0.3) is 0 Å². The van der Waals surface area contributed by atoms with Gasteiger partial charge in [-0.3, -0.25) is 14.5 Å². The number of carbonyl (C=O) groups excluding carboxylic acids is 2. The lowest BCUT2D eigenvalue weighted by molar-refractivity contribution is -0.274. The molecule has 1 N–H and O–H groups in total. The predicted molar refractivity (Wildman–Crippen MR) is 101 cm³/mol. The molecule has 9 heteroatoms. The van der Waals surface area contributed by atoms with Gasteiger partial charge in [0.1, 0.15) is 5.75 Å². The zero-order chi connectivity index (χ0) is 20.9. The number of ether oxygens (including phenoxy) is 1. The molecule has 0 atom stereocenters. The molecule has 2 aromatic rings. The van der Waals surface area contributed by atoms with Crippen LogP contribution in [0.15, 0.2) is 54.6 Å². The van der Waals surface area contributed by atoms with Gasteiger partial charge < -0.3 is 15.0 Å². The highest BCUT2D eigenvalue weighted by molar-refractivity contribution is 5.94. The van der Waals surface area contributed by atoms with Gasteiger partial charge in [0, 0.05) is 37.4 Å². The molecule has 0 saturated carbocycles. The Morgan fingerprint density at radius 1 is 0.931 bits per heavy atom. The molecule has 0 radical (unpaired) electrons. The van der Waals surface area contributed by atoms with Crippen molar-refractivity contribution in [1.29, 1.82) is 0 Å². The van der Waals surface area contributed by atoms with Crippen LogP contribution in [0.4, 0.5) is 18.9 Å². The van der Waals surface area contributed by atoms with Crippen LogP contribution in [-0.2, 0) is 4.79 Å². The molecule has 1 aliphatic heterocycles. The number of benzene rings is 2. The number of piperazine rings is 1. The first-order valence-electron chi connectivity index (χ1n) is 9.02. The third-order valence-electron chi connectivity index (χ3n) is 4.42. The number of hydrogen-bond donors (Lipinski definition) is 1. The second-order valence-corrected chi connectivity index (χ2v) is 6.55. The van der Waals surface area contributed by atoms with Crippen LogP contribution >= 0.6 is 0 Å². The molecule has 0 spiro atoms. The van der Waals surface area contributed by atoms with Gasteiger partial charge in [-0.2, -0.15) is 0 Å². The van der Waals surface area contributed by atoms with Crippen LogP contribution in [0.3, 0.4) is 0 Å². The molecule has 1 fully saturated rings. The first-order valence-corrected chi connectivity index (χ1v) is 9.02. The molecule has 29 heavy (non-hydrogen) atoms. The highest BCUT2D eigenvalue weighted by Gasteiger charge is 2.31. The van der Waals surface area contributed by atoms with Gasteiger partial charge in [0.15, 0.2) is 0 Å². The number of nitrogens with one attached hydrogen (secondary N) is 1. The van der Waals surface area contributed by atoms with E-state index in [9.17, 15) is 22.8 Å². The fourth-order valence-corrected chi connectivity index (χ4v) is 3.02. The minimum atomic E-state index is -4.77. The van der Waals surface area contributed by atoms with Crippen molar-refractivity contribution in [2.75, 3.05) is 38.0 Å². The summed E-state index contributed by atoms with van der Waals surface area (Å²) in [5, 5.41) is 2.82. The summed E-state index contributed by atoms with van der Waals surface area (Å²) in [6.07, 6.45) is -4.77. The van der Waals surface area contributed by atoms with Gasteiger partial charge in [-0.25, -0.2) is 0 Å². The molecule has 6 nitrogen and oxygen atoms in total. The largest absolute Gasteiger partial charge is 0.573 e. The summed E-state index contributed by atoms with van der Waals surface area (Å²) in [6, 6.07) is 14.0. The van der Waals surface area contributed by atoms with Crippen molar-refractivity contribution < 1.29 is 27.5 Å².